The summed E-state index contributed by atoms with van der Waals surface area (Å²) in [6.07, 6.45) is 1.98. The molecule has 0 radical (unpaired) electrons. The van der Waals surface area contributed by atoms with Gasteiger partial charge in [-0.2, -0.15) is 0 Å². The van der Waals surface area contributed by atoms with Gasteiger partial charge in [-0.1, -0.05) is 60.4 Å². The van der Waals surface area contributed by atoms with E-state index in [0.29, 0.717) is 0 Å². The molecule has 1 nitrogen and oxygen atoms in total. The zero-order chi connectivity index (χ0) is 16.3. The summed E-state index contributed by atoms with van der Waals surface area (Å²) in [5, 5.41) is 0.718. The molecular formula is C21H19ClO. The summed E-state index contributed by atoms with van der Waals surface area (Å²) in [5.74, 6) is 6.48. The van der Waals surface area contributed by atoms with E-state index in [0.717, 1.165) is 29.0 Å². The van der Waals surface area contributed by atoms with E-state index in [4.69, 9.17) is 16.3 Å². The van der Waals surface area contributed by atoms with Crippen molar-refractivity contribution in [3.8, 4) is 11.8 Å². The lowest BCUT2D eigenvalue weighted by atomic mass is 9.86. The number of ether oxygens (including phenoxy) is 1. The van der Waals surface area contributed by atoms with Crippen LogP contribution in [0.15, 0.2) is 61.2 Å². The molecule has 1 saturated carbocycles. The Hall–Kier alpha value is -2.01. The standard InChI is InChI=1S/C21H19ClO/c1-16(18-6-4-3-5-7-18)21(14-15-21)20(23-2)13-10-17-8-11-19(22)12-9-17/h3-9,11-12,20H,1,14-15H2,2H3. The van der Waals surface area contributed by atoms with Crippen LogP contribution in [-0.4, -0.2) is 13.2 Å². The van der Waals surface area contributed by atoms with Crippen molar-refractivity contribution in [2.45, 2.75) is 18.9 Å². The Labute approximate surface area is 142 Å². The highest BCUT2D eigenvalue weighted by atomic mass is 35.5. The van der Waals surface area contributed by atoms with Gasteiger partial charge in [-0.3, -0.25) is 0 Å². The molecule has 1 aliphatic carbocycles. The van der Waals surface area contributed by atoms with Gasteiger partial charge in [0.1, 0.15) is 6.10 Å². The third-order valence-corrected chi connectivity index (χ3v) is 4.69. The molecular weight excluding hydrogens is 304 g/mol. The molecule has 0 heterocycles. The fraction of sp³-hybridized carbons (Fsp3) is 0.238. The quantitative estimate of drug-likeness (QED) is 0.703. The topological polar surface area (TPSA) is 9.23 Å². The number of halogens is 1. The minimum absolute atomic E-state index is 0.0600. The maximum Gasteiger partial charge on any atom is 0.127 e. The molecule has 1 atom stereocenters. The van der Waals surface area contributed by atoms with Gasteiger partial charge >= 0.3 is 0 Å². The van der Waals surface area contributed by atoms with Crippen LogP contribution in [0.3, 0.4) is 0 Å². The zero-order valence-corrected chi connectivity index (χ0v) is 13.9. The van der Waals surface area contributed by atoms with E-state index in [1.54, 1.807) is 7.11 Å². The van der Waals surface area contributed by atoms with Crippen molar-refractivity contribution < 1.29 is 4.74 Å². The third-order valence-electron chi connectivity index (χ3n) is 4.44. The summed E-state index contributed by atoms with van der Waals surface area (Å²) < 4.78 is 5.71. The van der Waals surface area contributed by atoms with E-state index < -0.39 is 0 Å². The molecule has 0 bridgehead atoms. The highest BCUT2D eigenvalue weighted by Crippen LogP contribution is 2.58. The molecule has 2 aromatic carbocycles. The van der Waals surface area contributed by atoms with Crippen LogP contribution in [0.2, 0.25) is 5.02 Å². The van der Waals surface area contributed by atoms with E-state index in [9.17, 15) is 0 Å². The molecule has 116 valence electrons. The second-order valence-corrected chi connectivity index (χ2v) is 6.33. The normalized spacial score (nSPS) is 16.1. The van der Waals surface area contributed by atoms with Gasteiger partial charge in [0, 0.05) is 23.1 Å². The van der Waals surface area contributed by atoms with Gasteiger partial charge in [-0.25, -0.2) is 0 Å². The van der Waals surface area contributed by atoms with E-state index >= 15 is 0 Å². The van der Waals surface area contributed by atoms with Gasteiger partial charge in [0.25, 0.3) is 0 Å². The van der Waals surface area contributed by atoms with Crippen LogP contribution < -0.4 is 0 Å². The van der Waals surface area contributed by atoms with Crippen LogP contribution in [-0.2, 0) is 4.74 Å². The van der Waals surface area contributed by atoms with Gasteiger partial charge in [0.2, 0.25) is 0 Å². The van der Waals surface area contributed by atoms with Crippen LogP contribution in [0.25, 0.3) is 5.57 Å². The van der Waals surface area contributed by atoms with Gasteiger partial charge in [-0.05, 0) is 48.2 Å². The fourth-order valence-electron chi connectivity index (χ4n) is 2.89. The van der Waals surface area contributed by atoms with Crippen LogP contribution in [0, 0.1) is 17.3 Å². The van der Waals surface area contributed by atoms with Crippen molar-refractivity contribution in [1.29, 1.82) is 0 Å². The first-order valence-corrected chi connectivity index (χ1v) is 8.08. The van der Waals surface area contributed by atoms with Crippen LogP contribution in [0.5, 0.6) is 0 Å². The molecule has 0 aromatic heterocycles. The average molecular weight is 323 g/mol. The predicted molar refractivity (Wildman–Crippen MR) is 96.3 cm³/mol. The van der Waals surface area contributed by atoms with E-state index in [1.165, 1.54) is 5.56 Å². The van der Waals surface area contributed by atoms with Gasteiger partial charge in [-0.15, -0.1) is 0 Å². The predicted octanol–water partition coefficient (Wildman–Crippen LogP) is 5.20. The molecule has 2 aromatic rings. The van der Waals surface area contributed by atoms with E-state index in [2.05, 4.69) is 30.6 Å². The van der Waals surface area contributed by atoms with Crippen molar-refractivity contribution in [2.75, 3.05) is 7.11 Å². The number of rotatable bonds is 4. The summed E-state index contributed by atoms with van der Waals surface area (Å²) in [7, 11) is 1.72. The lowest BCUT2D eigenvalue weighted by Gasteiger charge is -2.24. The largest absolute Gasteiger partial charge is 0.368 e. The average Bonchev–Trinajstić information content (AvgIpc) is 3.39. The highest BCUT2D eigenvalue weighted by molar-refractivity contribution is 6.30. The fourth-order valence-corrected chi connectivity index (χ4v) is 3.01. The van der Waals surface area contributed by atoms with Crippen molar-refractivity contribution in [2.24, 2.45) is 5.41 Å². The summed E-state index contributed by atoms with van der Waals surface area (Å²) in [5.41, 5.74) is 3.17. The van der Waals surface area contributed by atoms with Crippen molar-refractivity contribution in [1.82, 2.24) is 0 Å². The lowest BCUT2D eigenvalue weighted by molar-refractivity contribution is 0.109. The molecule has 2 heteroatoms. The monoisotopic (exact) mass is 322 g/mol. The summed E-state index contributed by atoms with van der Waals surface area (Å²) in [4.78, 5) is 0. The van der Waals surface area contributed by atoms with Crippen molar-refractivity contribution >= 4 is 17.2 Å². The molecule has 0 saturated heterocycles. The molecule has 1 unspecified atom stereocenters. The number of hydrogen-bond donors (Lipinski definition) is 0. The smallest absolute Gasteiger partial charge is 0.127 e. The van der Waals surface area contributed by atoms with Gasteiger partial charge < -0.3 is 4.74 Å². The maximum absolute atomic E-state index is 5.91. The Balaban J connectivity index is 1.83. The third kappa shape index (κ3) is 3.34. The van der Waals surface area contributed by atoms with Gasteiger partial charge in [0.15, 0.2) is 0 Å². The van der Waals surface area contributed by atoms with Crippen LogP contribution in [0.1, 0.15) is 24.0 Å². The SMILES string of the molecule is C=C(c1ccccc1)C1(C(C#Cc2ccc(Cl)cc2)OC)CC1. The Morgan fingerprint density at radius 3 is 2.35 bits per heavy atom. The number of hydrogen-bond acceptors (Lipinski definition) is 1. The molecule has 1 fully saturated rings. The zero-order valence-electron chi connectivity index (χ0n) is 13.2. The molecule has 3 rings (SSSR count). The van der Waals surface area contributed by atoms with E-state index in [1.807, 2.05) is 42.5 Å². The minimum Gasteiger partial charge on any atom is -0.368 e. The molecule has 0 N–H and O–H groups in total. The molecule has 1 aliphatic rings. The summed E-state index contributed by atoms with van der Waals surface area (Å²) in [6.45, 7) is 4.33. The summed E-state index contributed by atoms with van der Waals surface area (Å²) >= 11 is 5.91. The Morgan fingerprint density at radius 2 is 1.78 bits per heavy atom. The molecule has 0 spiro atoms. The minimum atomic E-state index is -0.147. The molecule has 0 aliphatic heterocycles. The first-order valence-electron chi connectivity index (χ1n) is 7.70. The summed E-state index contributed by atoms with van der Waals surface area (Å²) in [6, 6.07) is 17.8. The first kappa shape index (κ1) is 15.9. The maximum atomic E-state index is 5.91. The Bertz CT molecular complexity index is 746. The Kier molecular flexibility index (Phi) is 4.57. The second kappa shape index (κ2) is 6.62. The van der Waals surface area contributed by atoms with Crippen molar-refractivity contribution in [3.63, 3.8) is 0 Å². The van der Waals surface area contributed by atoms with E-state index in [-0.39, 0.29) is 11.5 Å². The van der Waals surface area contributed by atoms with Gasteiger partial charge in [0.05, 0.1) is 0 Å². The van der Waals surface area contributed by atoms with Crippen LogP contribution >= 0.6 is 11.6 Å². The first-order chi connectivity index (χ1) is 11.2. The highest BCUT2D eigenvalue weighted by Gasteiger charge is 2.51. The van der Waals surface area contributed by atoms with Crippen molar-refractivity contribution in [3.05, 3.63) is 77.3 Å². The number of methoxy groups -OCH3 is 1. The molecule has 0 amide bonds. The second-order valence-electron chi connectivity index (χ2n) is 5.89. The Morgan fingerprint density at radius 1 is 1.13 bits per heavy atom. The number of benzene rings is 2. The van der Waals surface area contributed by atoms with Crippen LogP contribution in [0.4, 0.5) is 0 Å². The lowest BCUT2D eigenvalue weighted by Crippen LogP contribution is -2.24. The molecule has 23 heavy (non-hydrogen) atoms.